The van der Waals surface area contributed by atoms with Gasteiger partial charge in [0, 0.05) is 135 Å². The Morgan fingerprint density at radius 2 is 0.467 bits per heavy atom. The number of carbonyl (C=O) groups is 13. The summed E-state index contributed by atoms with van der Waals surface area (Å²) in [5, 5.41) is 25.5. The van der Waals surface area contributed by atoms with Crippen molar-refractivity contribution in [3.05, 3.63) is 0 Å². The van der Waals surface area contributed by atoms with Crippen molar-refractivity contribution in [2.24, 2.45) is 106 Å². The standard InChI is InChI=1S/C16H27NO5.5C16H29NO3/c1-9(2)5-6-17-15(19)11(7-10(3)4)8-12(18)13-14(22-13)16(20)21;5*1-10(2)6-7-17-16(19)13(8-11(3)4)9-14(18)15-12(5)20-15/h9-11,13-14H,5-8H2,1-4H3,(H,17,19)(H,20,21);5*10-13,15H,6-9H2,1-5H3,(H,17,19)/t11-,13+,14-;12-,13+,15+;4*12-,13-,15+/m011111/s1/i11D;13D;2*3D3,11D;2*3D3/t2m;4*11?,12-,13-,15+. The van der Waals surface area contributed by atoms with Crippen molar-refractivity contribution >= 4 is 76.1 Å². The summed E-state index contributed by atoms with van der Waals surface area (Å²) in [7, 11) is 0. The van der Waals surface area contributed by atoms with Crippen LogP contribution in [0.3, 0.4) is 0 Å². The maximum atomic E-state index is 12.4. The minimum absolute atomic E-state index is 0.0446. The third-order valence-corrected chi connectivity index (χ3v) is 20.7. The van der Waals surface area contributed by atoms with Gasteiger partial charge in [0.15, 0.2) is 46.9 Å². The SMILES string of the molecule is [2H]C([2H])([2H])C(C)C[C@H](CC(=O)[C@H]1O[C@@H]1C)C(=O)NCCC(C)C.[2H]C([2H])([2H])C(C)C[C@H](CC(=O)[C@H]1O[C@@H]1C)C(=O)NCCC(C)C.[2H]C([2H])([2H])C([2H])(C)C[C@H](CC(=O)[C@H]1O[C@@H]1C)C(=O)NCCC(C)C.[2H]C([2H])([2H])C([2H])(C)C[C@H](CC(=O)[C@H]1O[C@@H]1C)C(=O)NCCC(C)C.[2H][C@@](CC(=O)[C@H]1O[C@@H]1C(=O)O)(CC(C)C)C(=O)NCCC(C)C.[2H][C@@](CC(=O)[C@H]1O[C@@H]1C)(CC(C)C)C(=O)NCCC(C)C. The van der Waals surface area contributed by atoms with Crippen LogP contribution in [-0.4, -0.2) is 194 Å². The van der Waals surface area contributed by atoms with Crippen LogP contribution in [0.1, 0.15) is 338 Å². The molecule has 7 N–H and O–H groups in total. The van der Waals surface area contributed by atoms with Crippen molar-refractivity contribution < 1.29 is 118 Å². The lowest BCUT2D eigenvalue weighted by molar-refractivity contribution is -0.138. The van der Waals surface area contributed by atoms with Gasteiger partial charge in [0.2, 0.25) is 35.4 Å². The number of amides is 6. The summed E-state index contributed by atoms with van der Waals surface area (Å²) in [5.41, 5.74) is 0. The van der Waals surface area contributed by atoms with Gasteiger partial charge in [-0.25, -0.2) is 4.79 Å². The van der Waals surface area contributed by atoms with Crippen LogP contribution in [0.15, 0.2) is 0 Å². The summed E-state index contributed by atoms with van der Waals surface area (Å²) in [6, 6.07) is 0. The number of hydrogen-bond donors (Lipinski definition) is 7. The first-order chi connectivity index (χ1) is 63.0. The molecule has 6 fully saturated rings. The predicted molar refractivity (Wildman–Crippen MR) is 478 cm³/mol. The molecule has 22 atom stereocenters. The van der Waals surface area contributed by atoms with Gasteiger partial charge in [-0.15, -0.1) is 0 Å². The Kier molecular flexibility index (Phi) is 42.7. The Morgan fingerprint density at radius 1 is 0.262 bits per heavy atom. The first-order valence-electron chi connectivity index (χ1n) is 52.9. The van der Waals surface area contributed by atoms with Gasteiger partial charge in [0.25, 0.3) is 0 Å². The molecule has 6 saturated heterocycles. The summed E-state index contributed by atoms with van der Waals surface area (Å²) in [6.07, 6.45) is 0.127. The van der Waals surface area contributed by atoms with Gasteiger partial charge < -0.3 is 65.4 Å². The Hall–Kier alpha value is -5.93. The molecule has 0 aromatic heterocycles. The second-order valence-corrected chi connectivity index (χ2v) is 37.8. The van der Waals surface area contributed by atoms with E-state index in [1.807, 2.05) is 90.0 Å². The first kappa shape index (κ1) is 88.1. The van der Waals surface area contributed by atoms with Gasteiger partial charge in [-0.2, -0.15) is 0 Å². The average Bonchev–Trinajstić information content (AvgIpc) is 1.62. The lowest BCUT2D eigenvalue weighted by atomic mass is 9.90. The second-order valence-electron chi connectivity index (χ2n) is 37.8. The van der Waals surface area contributed by atoms with E-state index in [1.54, 1.807) is 27.7 Å². The lowest BCUT2D eigenvalue weighted by Crippen LogP contribution is -2.34. The van der Waals surface area contributed by atoms with Crippen molar-refractivity contribution in [1.29, 1.82) is 0 Å². The van der Waals surface area contributed by atoms with Crippen LogP contribution in [0.5, 0.6) is 0 Å². The highest BCUT2D eigenvalue weighted by Crippen LogP contribution is 2.33. The minimum Gasteiger partial charge on any atom is -0.479 e. The maximum Gasteiger partial charge on any atom is 0.336 e. The van der Waals surface area contributed by atoms with E-state index in [0.717, 1.165) is 38.5 Å². The van der Waals surface area contributed by atoms with Crippen LogP contribution in [0.4, 0.5) is 0 Å². The molecule has 26 heteroatoms. The topological polar surface area (TPSA) is 389 Å². The fourth-order valence-corrected chi connectivity index (χ4v) is 13.1. The third-order valence-electron chi connectivity index (χ3n) is 20.7. The monoisotopic (exact) mass is 1750 g/mol. The highest BCUT2D eigenvalue weighted by molar-refractivity contribution is 5.96. The number of Topliss-reactive ketones (excluding diaryl/α,β-unsaturated/α-hetero) is 6. The number of ketones is 6. The van der Waals surface area contributed by atoms with Gasteiger partial charge in [-0.05, 0) is 183 Å². The lowest BCUT2D eigenvalue weighted by Gasteiger charge is -2.18. The maximum absolute atomic E-state index is 12.4. The third kappa shape index (κ3) is 52.9. The number of nitrogens with one attached hydrogen (secondary N) is 6. The largest absolute Gasteiger partial charge is 0.479 e. The van der Waals surface area contributed by atoms with E-state index in [-0.39, 0.29) is 171 Å². The van der Waals surface area contributed by atoms with E-state index in [0.29, 0.717) is 81.2 Å². The highest BCUT2D eigenvalue weighted by atomic mass is 16.6. The molecule has 6 aliphatic heterocycles. The van der Waals surface area contributed by atoms with E-state index in [9.17, 15) is 62.3 Å². The quantitative estimate of drug-likeness (QED) is 0.0278. The number of carbonyl (C=O) groups excluding carboxylic acids is 12. The molecule has 122 heavy (non-hydrogen) atoms. The Labute approximate surface area is 758 Å². The van der Waals surface area contributed by atoms with Crippen molar-refractivity contribution in [3.8, 4) is 0 Å². The van der Waals surface area contributed by atoms with Crippen molar-refractivity contribution in [1.82, 2.24) is 31.9 Å². The molecule has 0 bridgehead atoms. The summed E-state index contributed by atoms with van der Waals surface area (Å²) in [5.74, 6) is -12.2. The van der Waals surface area contributed by atoms with Gasteiger partial charge in [0.1, 0.15) is 30.5 Å². The molecule has 4 unspecified atom stereocenters. The molecule has 6 rings (SSSR count). The number of carboxylic acid groups (broad SMARTS) is 1. The number of aliphatic carboxylic acids is 1. The first-order valence-corrected chi connectivity index (χ1v) is 44.9. The van der Waals surface area contributed by atoms with Crippen LogP contribution in [0.2, 0.25) is 0 Å². The number of hydrogen-bond acceptors (Lipinski definition) is 19. The molecule has 6 amide bonds. The molecule has 0 aromatic rings. The number of epoxide rings is 6. The molecule has 0 aromatic carbocycles. The van der Waals surface area contributed by atoms with Crippen molar-refractivity contribution in [2.75, 3.05) is 39.3 Å². The number of rotatable bonds is 55. The van der Waals surface area contributed by atoms with Gasteiger partial charge in [-0.3, -0.25) is 57.5 Å². The zero-order valence-corrected chi connectivity index (χ0v) is 78.7. The zero-order chi connectivity index (χ0) is 107. The second kappa shape index (κ2) is 59.2. The summed E-state index contributed by atoms with van der Waals surface area (Å²) in [4.78, 5) is 158. The fourth-order valence-electron chi connectivity index (χ4n) is 13.1. The van der Waals surface area contributed by atoms with Crippen LogP contribution in [0.25, 0.3) is 0 Å². The summed E-state index contributed by atoms with van der Waals surface area (Å²) in [6.45, 7) is 40.9. The van der Waals surface area contributed by atoms with Crippen LogP contribution < -0.4 is 31.9 Å². The molecule has 0 spiro atoms. The zero-order valence-electron chi connectivity index (χ0n) is 94.7. The molecule has 706 valence electrons. The average molecular weight is 1750 g/mol. The van der Waals surface area contributed by atoms with E-state index in [2.05, 4.69) is 73.4 Å². The molecule has 0 radical (unpaired) electrons. The van der Waals surface area contributed by atoms with E-state index >= 15 is 0 Å². The van der Waals surface area contributed by atoms with E-state index < -0.39 is 147 Å². The molecule has 26 nitrogen and oxygen atoms in total. The Bertz CT molecular complexity index is 3700. The number of ether oxygens (including phenoxy) is 6. The predicted octanol–water partition coefficient (Wildman–Crippen LogP) is 14.4. The number of carboxylic acids is 1. The van der Waals surface area contributed by atoms with Gasteiger partial charge in [0.05, 0.1) is 30.5 Å². The Morgan fingerprint density at radius 3 is 0.648 bits per heavy atom. The molecule has 6 aliphatic rings. The molecule has 6 heterocycles. The van der Waals surface area contributed by atoms with Crippen molar-refractivity contribution in [2.45, 2.75) is 389 Å². The molecular weight excluding hydrogens is 1560 g/mol. The molecule has 0 saturated carbocycles. The molecule has 0 aliphatic carbocycles. The highest BCUT2D eigenvalue weighted by Gasteiger charge is 2.51. The summed E-state index contributed by atoms with van der Waals surface area (Å²) >= 11 is 0. The van der Waals surface area contributed by atoms with Crippen LogP contribution in [0, 0.1) is 106 Å². The van der Waals surface area contributed by atoms with Gasteiger partial charge in [-0.1, -0.05) is 166 Å². The van der Waals surface area contributed by atoms with Crippen LogP contribution in [-0.2, 0) is 90.8 Å². The summed E-state index contributed by atoms with van der Waals surface area (Å²) < 4.78 is 153. The Balaban J connectivity index is 0.000000828. The normalized spacial score (nSPS) is 27.0. The van der Waals surface area contributed by atoms with E-state index in [4.69, 9.17) is 55.5 Å². The van der Waals surface area contributed by atoms with Gasteiger partial charge >= 0.3 is 5.97 Å². The van der Waals surface area contributed by atoms with Crippen LogP contribution >= 0.6 is 0 Å². The molecular formula is C96H172N6O20. The smallest absolute Gasteiger partial charge is 0.336 e. The van der Waals surface area contributed by atoms with Crippen molar-refractivity contribution in [3.63, 3.8) is 0 Å². The van der Waals surface area contributed by atoms with E-state index in [1.165, 1.54) is 13.8 Å². The fraction of sp³-hybridized carbons (Fsp3) is 0.865. The minimum atomic E-state index is -2.52.